The molecule has 168 valence electrons. The normalized spacial score (nSPS) is 17.4. The molecule has 0 aromatic heterocycles. The van der Waals surface area contributed by atoms with Gasteiger partial charge in [-0.2, -0.15) is 12.6 Å². The molecule has 0 saturated heterocycles. The zero-order valence-electron chi connectivity index (χ0n) is 17.5. The zero-order chi connectivity index (χ0) is 22.9. The minimum atomic E-state index is -1.51. The molecule has 7 N–H and O–H groups in total. The highest BCUT2D eigenvalue weighted by atomic mass is 32.1. The van der Waals surface area contributed by atoms with E-state index in [0.717, 1.165) is 0 Å². The predicted octanol–water partition coefficient (Wildman–Crippen LogP) is -1.13. The van der Waals surface area contributed by atoms with Crippen LogP contribution in [0.1, 0.15) is 41.0 Å². The molecule has 3 amide bonds. The molecule has 0 aromatic carbocycles. The van der Waals surface area contributed by atoms with Crippen molar-refractivity contribution in [2.45, 2.75) is 71.3 Å². The van der Waals surface area contributed by atoms with Gasteiger partial charge in [-0.15, -0.1) is 0 Å². The van der Waals surface area contributed by atoms with Crippen molar-refractivity contribution >= 4 is 36.3 Å². The van der Waals surface area contributed by atoms with E-state index in [1.807, 2.05) is 6.92 Å². The van der Waals surface area contributed by atoms with Crippen molar-refractivity contribution in [2.24, 2.45) is 17.6 Å². The van der Waals surface area contributed by atoms with Gasteiger partial charge in [0.05, 0.1) is 12.1 Å². The van der Waals surface area contributed by atoms with E-state index in [0.29, 0.717) is 6.42 Å². The van der Waals surface area contributed by atoms with Crippen LogP contribution >= 0.6 is 12.6 Å². The molecule has 0 saturated carbocycles. The number of amides is 3. The van der Waals surface area contributed by atoms with Gasteiger partial charge in [0.2, 0.25) is 17.7 Å². The van der Waals surface area contributed by atoms with Crippen LogP contribution < -0.4 is 21.7 Å². The Morgan fingerprint density at radius 3 is 1.72 bits per heavy atom. The van der Waals surface area contributed by atoms with Crippen LogP contribution in [-0.4, -0.2) is 69.9 Å². The van der Waals surface area contributed by atoms with E-state index in [1.165, 1.54) is 6.92 Å². The molecule has 29 heavy (non-hydrogen) atoms. The number of nitrogens with two attached hydrogens (primary N) is 1. The fraction of sp³-hybridized carbons (Fsp3) is 0.778. The maximum absolute atomic E-state index is 12.8. The van der Waals surface area contributed by atoms with Crippen molar-refractivity contribution in [2.75, 3.05) is 5.75 Å². The van der Waals surface area contributed by atoms with Crippen molar-refractivity contribution in [3.63, 3.8) is 0 Å². The predicted molar refractivity (Wildman–Crippen MR) is 111 cm³/mol. The fourth-order valence-electron chi connectivity index (χ4n) is 2.45. The summed E-state index contributed by atoms with van der Waals surface area (Å²) in [5.41, 5.74) is 5.65. The summed E-state index contributed by atoms with van der Waals surface area (Å²) in [6, 6.07) is -4.40. The number of nitrogens with one attached hydrogen (secondary N) is 3. The maximum Gasteiger partial charge on any atom is 0.328 e. The Kier molecular flexibility index (Phi) is 11.8. The van der Waals surface area contributed by atoms with E-state index in [4.69, 9.17) is 10.8 Å². The number of thiol groups is 1. The third-order valence-electron chi connectivity index (χ3n) is 4.62. The van der Waals surface area contributed by atoms with Crippen LogP contribution in [-0.2, 0) is 19.2 Å². The van der Waals surface area contributed by atoms with E-state index in [1.54, 1.807) is 20.8 Å². The molecule has 0 aliphatic rings. The molecule has 0 fully saturated rings. The molecule has 11 heteroatoms. The van der Waals surface area contributed by atoms with Gasteiger partial charge in [0.15, 0.2) is 6.04 Å². The van der Waals surface area contributed by atoms with Gasteiger partial charge >= 0.3 is 5.97 Å². The van der Waals surface area contributed by atoms with Gasteiger partial charge in [0, 0.05) is 5.75 Å². The highest BCUT2D eigenvalue weighted by molar-refractivity contribution is 7.80. The number of carbonyl (C=O) groups excluding carboxylic acids is 3. The van der Waals surface area contributed by atoms with Gasteiger partial charge in [-0.05, 0) is 18.8 Å². The third kappa shape index (κ3) is 8.58. The van der Waals surface area contributed by atoms with Gasteiger partial charge in [-0.1, -0.05) is 34.1 Å². The molecular formula is C18H34N4O6S. The molecule has 0 rings (SSSR count). The van der Waals surface area contributed by atoms with E-state index in [2.05, 4.69) is 28.6 Å². The highest BCUT2D eigenvalue weighted by Gasteiger charge is 2.34. The average molecular weight is 435 g/mol. The van der Waals surface area contributed by atoms with E-state index < -0.39 is 54.0 Å². The van der Waals surface area contributed by atoms with Gasteiger partial charge in [0.25, 0.3) is 0 Å². The van der Waals surface area contributed by atoms with Crippen LogP contribution in [0.15, 0.2) is 0 Å². The number of hydrogen-bond donors (Lipinski definition) is 7. The molecule has 0 radical (unpaired) electrons. The summed E-state index contributed by atoms with van der Waals surface area (Å²) in [6.07, 6.45) is -0.745. The first-order valence-electron chi connectivity index (χ1n) is 9.55. The Morgan fingerprint density at radius 1 is 0.897 bits per heavy atom. The Bertz CT molecular complexity index is 587. The molecule has 6 atom stereocenters. The van der Waals surface area contributed by atoms with Crippen LogP contribution in [0.4, 0.5) is 0 Å². The summed E-state index contributed by atoms with van der Waals surface area (Å²) in [5.74, 6) is -3.78. The number of carboxylic acids is 1. The summed E-state index contributed by atoms with van der Waals surface area (Å²) < 4.78 is 0. The number of carbonyl (C=O) groups is 4. The molecule has 6 unspecified atom stereocenters. The number of aliphatic hydroxyl groups excluding tert-OH is 1. The van der Waals surface area contributed by atoms with Crippen LogP contribution in [0, 0.1) is 11.8 Å². The summed E-state index contributed by atoms with van der Waals surface area (Å²) in [7, 11) is 0. The number of hydrogen-bond acceptors (Lipinski definition) is 7. The van der Waals surface area contributed by atoms with Gasteiger partial charge in [0.1, 0.15) is 12.1 Å². The second kappa shape index (κ2) is 12.7. The maximum atomic E-state index is 12.8. The van der Waals surface area contributed by atoms with E-state index >= 15 is 0 Å². The lowest BCUT2D eigenvalue weighted by molar-refractivity contribution is -0.145. The quantitative estimate of drug-likeness (QED) is 0.190. The summed E-state index contributed by atoms with van der Waals surface area (Å²) in [6.45, 7) is 8.21. The van der Waals surface area contributed by atoms with Crippen molar-refractivity contribution in [3.8, 4) is 0 Å². The smallest absolute Gasteiger partial charge is 0.328 e. The van der Waals surface area contributed by atoms with E-state index in [9.17, 15) is 24.3 Å². The fourth-order valence-corrected chi connectivity index (χ4v) is 2.62. The first-order chi connectivity index (χ1) is 13.4. The molecule has 10 nitrogen and oxygen atoms in total. The monoisotopic (exact) mass is 434 g/mol. The molecular weight excluding hydrogens is 400 g/mol. The minimum absolute atomic E-state index is 0.105. The number of carboxylic acid groups (broad SMARTS) is 1. The van der Waals surface area contributed by atoms with Gasteiger partial charge in [-0.3, -0.25) is 14.4 Å². The Labute approximate surface area is 176 Å². The van der Waals surface area contributed by atoms with Crippen LogP contribution in [0.5, 0.6) is 0 Å². The standard InChI is InChI=1S/C18H34N4O6S/c1-6-9(4)13(21-15(24)11(19)7-29)17(26)20-12(8(2)3)16(25)22-14(10(5)23)18(27)28/h8-14,23,29H,6-7,19H2,1-5H3,(H,20,26)(H,21,24)(H,22,25)(H,27,28). The summed E-state index contributed by atoms with van der Waals surface area (Å²) >= 11 is 3.97. The molecule has 0 aliphatic heterocycles. The molecule has 0 heterocycles. The second-order valence-electron chi connectivity index (χ2n) is 7.46. The number of rotatable bonds is 12. The van der Waals surface area contributed by atoms with Gasteiger partial charge < -0.3 is 31.9 Å². The lowest BCUT2D eigenvalue weighted by Crippen LogP contribution is -2.60. The minimum Gasteiger partial charge on any atom is -0.480 e. The molecule has 0 spiro atoms. The van der Waals surface area contributed by atoms with Crippen molar-refractivity contribution in [1.29, 1.82) is 0 Å². The van der Waals surface area contributed by atoms with Crippen LogP contribution in [0.3, 0.4) is 0 Å². The first-order valence-corrected chi connectivity index (χ1v) is 10.2. The first kappa shape index (κ1) is 27.1. The van der Waals surface area contributed by atoms with Crippen molar-refractivity contribution in [3.05, 3.63) is 0 Å². The SMILES string of the molecule is CCC(C)C(NC(=O)C(N)CS)C(=O)NC(C(=O)NC(C(=O)O)C(C)O)C(C)C. The zero-order valence-corrected chi connectivity index (χ0v) is 18.4. The van der Waals surface area contributed by atoms with Gasteiger partial charge in [-0.25, -0.2) is 4.79 Å². The lowest BCUT2D eigenvalue weighted by Gasteiger charge is -2.29. The van der Waals surface area contributed by atoms with Crippen molar-refractivity contribution < 1.29 is 29.4 Å². The Morgan fingerprint density at radius 2 is 1.34 bits per heavy atom. The average Bonchev–Trinajstić information content (AvgIpc) is 2.65. The third-order valence-corrected chi connectivity index (χ3v) is 5.01. The highest BCUT2D eigenvalue weighted by Crippen LogP contribution is 2.11. The van der Waals surface area contributed by atoms with E-state index in [-0.39, 0.29) is 17.6 Å². The summed E-state index contributed by atoms with van der Waals surface area (Å²) in [5, 5.41) is 26.1. The topological polar surface area (TPSA) is 171 Å². The molecule has 0 bridgehead atoms. The Hall–Kier alpha value is -1.85. The second-order valence-corrected chi connectivity index (χ2v) is 7.82. The van der Waals surface area contributed by atoms with Crippen molar-refractivity contribution in [1.82, 2.24) is 16.0 Å². The number of aliphatic carboxylic acids is 1. The lowest BCUT2D eigenvalue weighted by atomic mass is 9.96. The van der Waals surface area contributed by atoms with Crippen LogP contribution in [0.2, 0.25) is 0 Å². The molecule has 0 aliphatic carbocycles. The summed E-state index contributed by atoms with van der Waals surface area (Å²) in [4.78, 5) is 48.7. The number of aliphatic hydroxyl groups is 1. The molecule has 0 aromatic rings. The largest absolute Gasteiger partial charge is 0.480 e. The Balaban J connectivity index is 5.44. The van der Waals surface area contributed by atoms with Crippen LogP contribution in [0.25, 0.3) is 0 Å².